The summed E-state index contributed by atoms with van der Waals surface area (Å²) in [6.45, 7) is 5.00. The van der Waals surface area contributed by atoms with Crippen molar-refractivity contribution in [2.24, 2.45) is 0 Å². The molecule has 0 saturated carbocycles. The summed E-state index contributed by atoms with van der Waals surface area (Å²) in [6.07, 6.45) is 1.45. The molecule has 136 valence electrons. The molecular formula is C18H25N3O4. The molecule has 1 N–H and O–H groups in total. The van der Waals surface area contributed by atoms with E-state index in [0.717, 1.165) is 17.8 Å². The fourth-order valence-corrected chi connectivity index (χ4v) is 3.26. The summed E-state index contributed by atoms with van der Waals surface area (Å²) in [7, 11) is 1.59. The van der Waals surface area contributed by atoms with Gasteiger partial charge in [-0.15, -0.1) is 0 Å². The number of benzene rings is 1. The molecule has 1 aromatic rings. The van der Waals surface area contributed by atoms with Gasteiger partial charge in [0.1, 0.15) is 11.8 Å². The maximum atomic E-state index is 12.5. The topological polar surface area (TPSA) is 71.1 Å². The van der Waals surface area contributed by atoms with Crippen LogP contribution in [-0.2, 0) is 14.3 Å². The maximum absolute atomic E-state index is 12.5. The molecule has 1 aromatic carbocycles. The standard InChI is InChI=1S/C18H25N3O4/c1-13(18(23)20-8-10-25-11-9-20)19-14-5-6-15(16(12-14)24-2)21-7-3-4-17(21)22/h5-6,12-13,19H,3-4,7-11H2,1-2H3/t13-/m0/s1. The van der Waals surface area contributed by atoms with Crippen molar-refractivity contribution < 1.29 is 19.1 Å². The van der Waals surface area contributed by atoms with Crippen LogP contribution in [0.15, 0.2) is 18.2 Å². The van der Waals surface area contributed by atoms with Crippen LogP contribution < -0.4 is 15.0 Å². The van der Waals surface area contributed by atoms with Crippen molar-refractivity contribution in [3.05, 3.63) is 18.2 Å². The average molecular weight is 347 g/mol. The van der Waals surface area contributed by atoms with Crippen LogP contribution in [0.2, 0.25) is 0 Å². The molecule has 2 fully saturated rings. The van der Waals surface area contributed by atoms with Crippen molar-refractivity contribution in [2.45, 2.75) is 25.8 Å². The van der Waals surface area contributed by atoms with Gasteiger partial charge in [-0.3, -0.25) is 9.59 Å². The van der Waals surface area contributed by atoms with Crippen LogP contribution in [0.4, 0.5) is 11.4 Å². The molecule has 0 aliphatic carbocycles. The van der Waals surface area contributed by atoms with E-state index in [-0.39, 0.29) is 17.9 Å². The van der Waals surface area contributed by atoms with E-state index in [1.807, 2.05) is 30.0 Å². The SMILES string of the molecule is COc1cc(N[C@@H](C)C(=O)N2CCOCC2)ccc1N1CCCC1=O. The van der Waals surface area contributed by atoms with Crippen LogP contribution in [0.1, 0.15) is 19.8 Å². The Balaban J connectivity index is 1.70. The van der Waals surface area contributed by atoms with Gasteiger partial charge in [0.2, 0.25) is 11.8 Å². The molecule has 2 heterocycles. The molecule has 2 aliphatic heterocycles. The molecule has 2 saturated heterocycles. The Morgan fingerprint density at radius 3 is 2.68 bits per heavy atom. The second-order valence-corrected chi connectivity index (χ2v) is 6.34. The van der Waals surface area contributed by atoms with Gasteiger partial charge in [-0.05, 0) is 25.5 Å². The highest BCUT2D eigenvalue weighted by atomic mass is 16.5. The Labute approximate surface area is 147 Å². The first-order valence-electron chi connectivity index (χ1n) is 8.71. The van der Waals surface area contributed by atoms with Gasteiger partial charge in [-0.1, -0.05) is 0 Å². The highest BCUT2D eigenvalue weighted by Crippen LogP contribution is 2.34. The Morgan fingerprint density at radius 2 is 2.04 bits per heavy atom. The number of nitrogens with one attached hydrogen (secondary N) is 1. The van der Waals surface area contributed by atoms with Gasteiger partial charge in [-0.25, -0.2) is 0 Å². The van der Waals surface area contributed by atoms with E-state index < -0.39 is 0 Å². The van der Waals surface area contributed by atoms with Gasteiger partial charge in [0, 0.05) is 37.8 Å². The van der Waals surface area contributed by atoms with E-state index in [0.29, 0.717) is 45.0 Å². The number of carbonyl (C=O) groups excluding carboxylic acids is 2. The Bertz CT molecular complexity index is 643. The first-order valence-corrected chi connectivity index (χ1v) is 8.71. The summed E-state index contributed by atoms with van der Waals surface area (Å²) in [5.74, 6) is 0.808. The number of morpholine rings is 1. The molecule has 2 amide bonds. The smallest absolute Gasteiger partial charge is 0.244 e. The fourth-order valence-electron chi connectivity index (χ4n) is 3.26. The first-order chi connectivity index (χ1) is 12.1. The number of ether oxygens (including phenoxy) is 2. The predicted molar refractivity (Wildman–Crippen MR) is 95.1 cm³/mol. The third-order valence-corrected chi connectivity index (χ3v) is 4.62. The molecule has 0 unspecified atom stereocenters. The predicted octanol–water partition coefficient (Wildman–Crippen LogP) is 1.48. The minimum absolute atomic E-state index is 0.0565. The number of nitrogens with zero attached hydrogens (tertiary/aromatic N) is 2. The third kappa shape index (κ3) is 3.87. The highest BCUT2D eigenvalue weighted by Gasteiger charge is 2.25. The lowest BCUT2D eigenvalue weighted by atomic mass is 10.2. The van der Waals surface area contributed by atoms with Crippen LogP contribution in [0.5, 0.6) is 5.75 Å². The van der Waals surface area contributed by atoms with E-state index >= 15 is 0 Å². The number of hydrogen-bond acceptors (Lipinski definition) is 5. The Morgan fingerprint density at radius 1 is 1.28 bits per heavy atom. The first kappa shape index (κ1) is 17.5. The van der Waals surface area contributed by atoms with Crippen LogP contribution in [0.3, 0.4) is 0 Å². The van der Waals surface area contributed by atoms with Crippen molar-refractivity contribution in [1.29, 1.82) is 0 Å². The fraction of sp³-hybridized carbons (Fsp3) is 0.556. The van der Waals surface area contributed by atoms with Gasteiger partial charge >= 0.3 is 0 Å². The minimum atomic E-state index is -0.345. The van der Waals surface area contributed by atoms with Crippen LogP contribution in [0, 0.1) is 0 Å². The van der Waals surface area contributed by atoms with Crippen LogP contribution in [-0.4, -0.2) is 62.7 Å². The van der Waals surface area contributed by atoms with E-state index in [2.05, 4.69) is 5.32 Å². The van der Waals surface area contributed by atoms with Gasteiger partial charge in [0.15, 0.2) is 0 Å². The van der Waals surface area contributed by atoms with E-state index in [1.165, 1.54) is 0 Å². The van der Waals surface area contributed by atoms with Crippen molar-refractivity contribution in [2.75, 3.05) is 50.2 Å². The number of rotatable bonds is 5. The maximum Gasteiger partial charge on any atom is 0.244 e. The van der Waals surface area contributed by atoms with Gasteiger partial charge in [-0.2, -0.15) is 0 Å². The lowest BCUT2D eigenvalue weighted by Crippen LogP contribution is -2.47. The van der Waals surface area contributed by atoms with Crippen molar-refractivity contribution in [3.8, 4) is 5.75 Å². The molecule has 0 bridgehead atoms. The Kier molecular flexibility index (Phi) is 5.43. The quantitative estimate of drug-likeness (QED) is 0.874. The van der Waals surface area contributed by atoms with Gasteiger partial charge in [0.25, 0.3) is 0 Å². The lowest BCUT2D eigenvalue weighted by molar-refractivity contribution is -0.135. The zero-order valence-corrected chi connectivity index (χ0v) is 14.8. The second-order valence-electron chi connectivity index (χ2n) is 6.34. The monoisotopic (exact) mass is 347 g/mol. The summed E-state index contributed by atoms with van der Waals surface area (Å²) in [4.78, 5) is 28.0. The molecule has 3 rings (SSSR count). The van der Waals surface area contributed by atoms with E-state index in [9.17, 15) is 9.59 Å². The molecular weight excluding hydrogens is 322 g/mol. The summed E-state index contributed by atoms with van der Waals surface area (Å²) < 4.78 is 10.7. The molecule has 7 heteroatoms. The molecule has 25 heavy (non-hydrogen) atoms. The normalized spacial score (nSPS) is 19.0. The zero-order chi connectivity index (χ0) is 17.8. The number of hydrogen-bond donors (Lipinski definition) is 1. The number of amides is 2. The van der Waals surface area contributed by atoms with Crippen molar-refractivity contribution >= 4 is 23.2 Å². The lowest BCUT2D eigenvalue weighted by Gasteiger charge is -2.30. The number of anilines is 2. The zero-order valence-electron chi connectivity index (χ0n) is 14.8. The molecule has 1 atom stereocenters. The third-order valence-electron chi connectivity index (χ3n) is 4.62. The van der Waals surface area contributed by atoms with Crippen LogP contribution in [0.25, 0.3) is 0 Å². The molecule has 0 spiro atoms. The van der Waals surface area contributed by atoms with Crippen LogP contribution >= 0.6 is 0 Å². The number of methoxy groups -OCH3 is 1. The van der Waals surface area contributed by atoms with Crippen molar-refractivity contribution in [1.82, 2.24) is 4.90 Å². The average Bonchev–Trinajstić information content (AvgIpc) is 3.07. The molecule has 7 nitrogen and oxygen atoms in total. The van der Waals surface area contributed by atoms with Crippen molar-refractivity contribution in [3.63, 3.8) is 0 Å². The van der Waals surface area contributed by atoms with Gasteiger partial charge in [0.05, 0.1) is 26.0 Å². The second kappa shape index (κ2) is 7.74. The summed E-state index contributed by atoms with van der Waals surface area (Å²) in [6, 6.07) is 5.24. The largest absolute Gasteiger partial charge is 0.494 e. The molecule has 0 radical (unpaired) electrons. The summed E-state index contributed by atoms with van der Waals surface area (Å²) >= 11 is 0. The van der Waals surface area contributed by atoms with E-state index in [1.54, 1.807) is 12.0 Å². The summed E-state index contributed by atoms with van der Waals surface area (Å²) in [5, 5.41) is 3.23. The molecule has 0 aromatic heterocycles. The van der Waals surface area contributed by atoms with E-state index in [4.69, 9.17) is 9.47 Å². The summed E-state index contributed by atoms with van der Waals surface area (Å²) in [5.41, 5.74) is 1.57. The van der Waals surface area contributed by atoms with Gasteiger partial charge < -0.3 is 24.6 Å². The molecule has 2 aliphatic rings. The Hall–Kier alpha value is -2.28. The minimum Gasteiger partial charge on any atom is -0.494 e. The highest BCUT2D eigenvalue weighted by molar-refractivity contribution is 5.97. The number of carbonyl (C=O) groups is 2.